The molecule has 3 rings (SSSR count). The summed E-state index contributed by atoms with van der Waals surface area (Å²) in [5.74, 6) is 0.377. The molecule has 7 heteroatoms. The molecule has 7 nitrogen and oxygen atoms in total. The number of carbonyl (C=O) groups is 3. The molecule has 1 atom stereocenters. The largest absolute Gasteiger partial charge is 0.497 e. The van der Waals surface area contributed by atoms with Crippen molar-refractivity contribution in [3.8, 4) is 11.5 Å². The Bertz CT molecular complexity index is 892. The Morgan fingerprint density at radius 3 is 2.24 bits per heavy atom. The molecule has 3 amide bonds. The van der Waals surface area contributed by atoms with Gasteiger partial charge in [-0.3, -0.25) is 14.4 Å². The standard InChI is InChI=1S/C22H24N2O5/c1-4-29-19-11-7-17(8-12-19)24-21(26)13-20(22(24)27)23(15(2)25)14-16-5-9-18(28-3)10-6-16/h5-12,20H,4,13-14H2,1-3H3/t20-/m1/s1. The number of ether oxygens (including phenoxy) is 2. The number of anilines is 1. The average molecular weight is 396 g/mol. The average Bonchev–Trinajstić information content (AvgIpc) is 3.01. The predicted molar refractivity (Wildman–Crippen MR) is 108 cm³/mol. The van der Waals surface area contributed by atoms with Crippen LogP contribution in [-0.2, 0) is 20.9 Å². The van der Waals surface area contributed by atoms with Gasteiger partial charge in [-0.15, -0.1) is 0 Å². The fraction of sp³-hybridized carbons (Fsp3) is 0.318. The zero-order chi connectivity index (χ0) is 21.0. The third kappa shape index (κ3) is 4.39. The van der Waals surface area contributed by atoms with Gasteiger partial charge >= 0.3 is 0 Å². The van der Waals surface area contributed by atoms with Gasteiger partial charge in [-0.1, -0.05) is 12.1 Å². The Hall–Kier alpha value is -3.35. The first-order valence-electron chi connectivity index (χ1n) is 9.44. The topological polar surface area (TPSA) is 76.2 Å². The Balaban J connectivity index is 1.80. The van der Waals surface area contributed by atoms with Gasteiger partial charge in [-0.05, 0) is 48.9 Å². The van der Waals surface area contributed by atoms with E-state index in [0.29, 0.717) is 23.8 Å². The van der Waals surface area contributed by atoms with E-state index in [1.807, 2.05) is 19.1 Å². The summed E-state index contributed by atoms with van der Waals surface area (Å²) in [4.78, 5) is 40.5. The van der Waals surface area contributed by atoms with Crippen LogP contribution in [0.15, 0.2) is 48.5 Å². The van der Waals surface area contributed by atoms with Gasteiger partial charge < -0.3 is 14.4 Å². The lowest BCUT2D eigenvalue weighted by Gasteiger charge is -2.26. The van der Waals surface area contributed by atoms with Crippen molar-refractivity contribution in [1.29, 1.82) is 0 Å². The third-order valence-corrected chi connectivity index (χ3v) is 4.82. The summed E-state index contributed by atoms with van der Waals surface area (Å²) < 4.78 is 10.5. The third-order valence-electron chi connectivity index (χ3n) is 4.82. The molecule has 2 aromatic carbocycles. The van der Waals surface area contributed by atoms with Gasteiger partial charge in [0.2, 0.25) is 11.8 Å². The van der Waals surface area contributed by atoms with Crippen LogP contribution < -0.4 is 14.4 Å². The summed E-state index contributed by atoms with van der Waals surface area (Å²) in [5, 5.41) is 0. The second-order valence-electron chi connectivity index (χ2n) is 6.71. The predicted octanol–water partition coefficient (Wildman–Crippen LogP) is 2.77. The van der Waals surface area contributed by atoms with E-state index in [1.54, 1.807) is 43.5 Å². The molecule has 1 fully saturated rings. The molecule has 0 bridgehead atoms. The normalized spacial score (nSPS) is 16.1. The minimum absolute atomic E-state index is 0.0399. The van der Waals surface area contributed by atoms with Gasteiger partial charge in [0, 0.05) is 13.5 Å². The molecule has 0 aliphatic carbocycles. The van der Waals surface area contributed by atoms with Crippen LogP contribution >= 0.6 is 0 Å². The van der Waals surface area contributed by atoms with Gasteiger partial charge in [0.05, 0.1) is 25.8 Å². The number of methoxy groups -OCH3 is 1. The van der Waals surface area contributed by atoms with Crippen molar-refractivity contribution in [3.05, 3.63) is 54.1 Å². The van der Waals surface area contributed by atoms with Crippen LogP contribution in [0.2, 0.25) is 0 Å². The van der Waals surface area contributed by atoms with E-state index in [4.69, 9.17) is 9.47 Å². The molecule has 1 aliphatic heterocycles. The van der Waals surface area contributed by atoms with Crippen LogP contribution in [0.3, 0.4) is 0 Å². The van der Waals surface area contributed by atoms with E-state index in [0.717, 1.165) is 10.5 Å². The number of benzene rings is 2. The first-order chi connectivity index (χ1) is 13.9. The molecule has 0 unspecified atom stereocenters. The number of hydrogen-bond donors (Lipinski definition) is 0. The van der Waals surface area contributed by atoms with E-state index >= 15 is 0 Å². The number of carbonyl (C=O) groups excluding carboxylic acids is 3. The Morgan fingerprint density at radius 1 is 1.07 bits per heavy atom. The van der Waals surface area contributed by atoms with Crippen molar-refractivity contribution < 1.29 is 23.9 Å². The van der Waals surface area contributed by atoms with Crippen molar-refractivity contribution >= 4 is 23.4 Å². The molecule has 0 saturated carbocycles. The van der Waals surface area contributed by atoms with E-state index < -0.39 is 11.9 Å². The summed E-state index contributed by atoms with van der Waals surface area (Å²) in [5.41, 5.74) is 1.32. The molecule has 1 saturated heterocycles. The van der Waals surface area contributed by atoms with E-state index in [1.165, 1.54) is 11.8 Å². The molecule has 0 radical (unpaired) electrons. The maximum atomic E-state index is 13.0. The lowest BCUT2D eigenvalue weighted by molar-refractivity contribution is -0.137. The lowest BCUT2D eigenvalue weighted by atomic mass is 10.1. The minimum atomic E-state index is -0.825. The monoisotopic (exact) mass is 396 g/mol. The highest BCUT2D eigenvalue weighted by atomic mass is 16.5. The van der Waals surface area contributed by atoms with E-state index in [-0.39, 0.29) is 24.8 Å². The molecule has 0 N–H and O–H groups in total. The molecule has 152 valence electrons. The zero-order valence-corrected chi connectivity index (χ0v) is 16.8. The highest BCUT2D eigenvalue weighted by Gasteiger charge is 2.43. The van der Waals surface area contributed by atoms with Gasteiger partial charge in [0.25, 0.3) is 5.91 Å². The Kier molecular flexibility index (Phi) is 6.16. The van der Waals surface area contributed by atoms with Crippen LogP contribution in [0.4, 0.5) is 5.69 Å². The fourth-order valence-electron chi connectivity index (χ4n) is 3.36. The quantitative estimate of drug-likeness (QED) is 0.673. The van der Waals surface area contributed by atoms with Gasteiger partial charge in [0.1, 0.15) is 17.5 Å². The molecule has 1 heterocycles. The maximum Gasteiger partial charge on any atom is 0.257 e. The number of hydrogen-bond acceptors (Lipinski definition) is 5. The second-order valence-corrected chi connectivity index (χ2v) is 6.71. The first kappa shape index (κ1) is 20.4. The van der Waals surface area contributed by atoms with Gasteiger partial charge in [-0.2, -0.15) is 0 Å². The summed E-state index contributed by atoms with van der Waals surface area (Å²) in [6.45, 7) is 4.05. The molecule has 0 spiro atoms. The van der Waals surface area contributed by atoms with Crippen LogP contribution in [0.25, 0.3) is 0 Å². The van der Waals surface area contributed by atoms with Crippen LogP contribution in [0.1, 0.15) is 25.8 Å². The molecule has 0 aromatic heterocycles. The van der Waals surface area contributed by atoms with Crippen LogP contribution in [0, 0.1) is 0 Å². The van der Waals surface area contributed by atoms with Gasteiger partial charge in [-0.25, -0.2) is 4.90 Å². The number of nitrogens with zero attached hydrogens (tertiary/aromatic N) is 2. The summed E-state index contributed by atoms with van der Waals surface area (Å²) in [7, 11) is 1.58. The van der Waals surface area contributed by atoms with Crippen molar-refractivity contribution in [2.75, 3.05) is 18.6 Å². The maximum absolute atomic E-state index is 13.0. The van der Waals surface area contributed by atoms with Crippen molar-refractivity contribution in [3.63, 3.8) is 0 Å². The van der Waals surface area contributed by atoms with Crippen molar-refractivity contribution in [1.82, 2.24) is 4.90 Å². The molecular formula is C22H24N2O5. The van der Waals surface area contributed by atoms with E-state index in [2.05, 4.69) is 0 Å². The SMILES string of the molecule is CCOc1ccc(N2C(=O)C[C@@H](N(Cc3ccc(OC)cc3)C(C)=O)C2=O)cc1. The van der Waals surface area contributed by atoms with Crippen molar-refractivity contribution in [2.24, 2.45) is 0 Å². The molecular weight excluding hydrogens is 372 g/mol. The summed E-state index contributed by atoms with van der Waals surface area (Å²) >= 11 is 0. The summed E-state index contributed by atoms with van der Waals surface area (Å²) in [6.07, 6.45) is -0.0399. The fourth-order valence-corrected chi connectivity index (χ4v) is 3.36. The minimum Gasteiger partial charge on any atom is -0.497 e. The van der Waals surface area contributed by atoms with Crippen LogP contribution in [0.5, 0.6) is 11.5 Å². The zero-order valence-electron chi connectivity index (χ0n) is 16.8. The van der Waals surface area contributed by atoms with Crippen molar-refractivity contribution in [2.45, 2.75) is 32.9 Å². The Morgan fingerprint density at radius 2 is 1.69 bits per heavy atom. The molecule has 1 aliphatic rings. The number of imide groups is 1. The summed E-state index contributed by atoms with van der Waals surface area (Å²) in [6, 6.07) is 13.2. The van der Waals surface area contributed by atoms with E-state index in [9.17, 15) is 14.4 Å². The van der Waals surface area contributed by atoms with Crippen LogP contribution in [-0.4, -0.2) is 42.4 Å². The highest BCUT2D eigenvalue weighted by Crippen LogP contribution is 2.28. The smallest absolute Gasteiger partial charge is 0.257 e. The second kappa shape index (κ2) is 8.77. The van der Waals surface area contributed by atoms with Gasteiger partial charge in [0.15, 0.2) is 0 Å². The molecule has 29 heavy (non-hydrogen) atoms. The number of rotatable bonds is 7. The highest BCUT2D eigenvalue weighted by molar-refractivity contribution is 6.23. The lowest BCUT2D eigenvalue weighted by Crippen LogP contribution is -2.44. The Labute approximate surface area is 169 Å². The first-order valence-corrected chi connectivity index (χ1v) is 9.44. The molecule has 2 aromatic rings. The number of amides is 3.